The summed E-state index contributed by atoms with van der Waals surface area (Å²) in [4.78, 5) is 136. The molecule has 0 heterocycles. The van der Waals surface area contributed by atoms with Gasteiger partial charge in [0, 0.05) is 25.1 Å². The number of nitrogens with one attached hydrogen (secondary N) is 8. The van der Waals surface area contributed by atoms with Crippen molar-refractivity contribution in [3.8, 4) is 0 Å². The third-order valence-electron chi connectivity index (χ3n) is 10.8. The van der Waals surface area contributed by atoms with Crippen LogP contribution in [0.25, 0.3) is 0 Å². The Balaban J connectivity index is 3.47. The average molecular weight is 1050 g/mol. The van der Waals surface area contributed by atoms with Crippen molar-refractivity contribution < 1.29 is 68.4 Å². The lowest BCUT2D eigenvalue weighted by atomic mass is 9.99. The number of nitrogens with zero attached hydrogens (tertiary/aromatic N) is 1. The number of guanidine groups is 1. The number of amides is 8. The van der Waals surface area contributed by atoms with Crippen molar-refractivity contribution >= 4 is 77.8 Å². The van der Waals surface area contributed by atoms with Crippen LogP contribution in [0, 0.1) is 17.8 Å². The Morgan fingerprint density at radius 1 is 0.562 bits per heavy atom. The van der Waals surface area contributed by atoms with Gasteiger partial charge >= 0.3 is 11.9 Å². The molecular formula is C46H76N12O14S. The second-order valence-corrected chi connectivity index (χ2v) is 18.8. The monoisotopic (exact) mass is 1050 g/mol. The van der Waals surface area contributed by atoms with Gasteiger partial charge in [-0.1, -0.05) is 71.9 Å². The fraction of sp³-hybridized carbons (Fsp3) is 0.630. The highest BCUT2D eigenvalue weighted by molar-refractivity contribution is 7.80. The SMILES string of the molecule is CC(C)C[C@H](NC(=O)[C@H](CC(C)C)NC(=O)[C@@H](N)CO)C(=O)N[C@@H](CO)C(=O)N[C@@H](CCC(=O)O)C(=O)N[C@@H](Cc1ccccc1)C(=O)N[C@@H](CS)C(=O)N[C@@H](CCCN=C(N)N)C(=O)N[C@H](C(=O)O)C(C)C. The van der Waals surface area contributed by atoms with E-state index in [1.807, 2.05) is 0 Å². The number of aliphatic hydroxyl groups is 2. The fourth-order valence-electron chi connectivity index (χ4n) is 6.93. The van der Waals surface area contributed by atoms with Crippen molar-refractivity contribution in [2.24, 2.45) is 39.9 Å². The highest BCUT2D eigenvalue weighted by Gasteiger charge is 2.35. The zero-order chi connectivity index (χ0) is 55.5. The first-order valence-electron chi connectivity index (χ1n) is 23.8. The number of aliphatic carboxylic acids is 2. The minimum absolute atomic E-state index is 0.0161. The molecule has 18 N–H and O–H groups in total. The predicted octanol–water partition coefficient (Wildman–Crippen LogP) is -3.90. The van der Waals surface area contributed by atoms with E-state index in [9.17, 15) is 68.4 Å². The molecule has 8 amide bonds. The molecule has 0 unspecified atom stereocenters. The van der Waals surface area contributed by atoms with Crippen LogP contribution in [0.15, 0.2) is 35.3 Å². The van der Waals surface area contributed by atoms with Crippen molar-refractivity contribution in [1.82, 2.24) is 42.5 Å². The normalized spacial score (nSPS) is 14.9. The third kappa shape index (κ3) is 24.6. The smallest absolute Gasteiger partial charge is 0.326 e. The molecule has 0 aromatic heterocycles. The summed E-state index contributed by atoms with van der Waals surface area (Å²) in [6, 6.07) is -4.72. The van der Waals surface area contributed by atoms with Crippen molar-refractivity contribution in [2.75, 3.05) is 25.5 Å². The molecular weight excluding hydrogens is 977 g/mol. The van der Waals surface area contributed by atoms with Crippen LogP contribution in [0.3, 0.4) is 0 Å². The molecule has 9 atom stereocenters. The molecule has 410 valence electrons. The van der Waals surface area contributed by atoms with Gasteiger partial charge in [0.1, 0.15) is 54.4 Å². The van der Waals surface area contributed by atoms with Gasteiger partial charge < -0.3 is 80.2 Å². The minimum Gasteiger partial charge on any atom is -0.481 e. The van der Waals surface area contributed by atoms with E-state index in [0.717, 1.165) is 0 Å². The molecule has 73 heavy (non-hydrogen) atoms. The Kier molecular flexibility index (Phi) is 29.3. The molecule has 1 rings (SSSR count). The van der Waals surface area contributed by atoms with Crippen LogP contribution >= 0.6 is 12.6 Å². The number of aliphatic imine (C=N–C) groups is 1. The number of hydrogen-bond donors (Lipinski definition) is 16. The second-order valence-electron chi connectivity index (χ2n) is 18.5. The van der Waals surface area contributed by atoms with Crippen LogP contribution in [0.4, 0.5) is 0 Å². The van der Waals surface area contributed by atoms with Gasteiger partial charge in [-0.05, 0) is 55.4 Å². The zero-order valence-corrected chi connectivity index (χ0v) is 43.0. The van der Waals surface area contributed by atoms with E-state index in [1.54, 1.807) is 71.9 Å². The maximum absolute atomic E-state index is 14.1. The van der Waals surface area contributed by atoms with E-state index in [2.05, 4.69) is 60.2 Å². The summed E-state index contributed by atoms with van der Waals surface area (Å²) in [5, 5.41) is 58.5. The minimum atomic E-state index is -1.77. The Hall–Kier alpha value is -6.58. The summed E-state index contributed by atoms with van der Waals surface area (Å²) in [6.07, 6.45) is -1.23. The van der Waals surface area contributed by atoms with E-state index in [0.29, 0.717) is 5.56 Å². The Labute approximate surface area is 429 Å². The van der Waals surface area contributed by atoms with E-state index < -0.39 is 146 Å². The van der Waals surface area contributed by atoms with Crippen molar-refractivity contribution in [3.05, 3.63) is 35.9 Å². The molecule has 0 bridgehead atoms. The number of carbonyl (C=O) groups excluding carboxylic acids is 8. The number of thiol groups is 1. The number of carbonyl (C=O) groups is 10. The van der Waals surface area contributed by atoms with Crippen molar-refractivity contribution in [1.29, 1.82) is 0 Å². The molecule has 0 aliphatic carbocycles. The highest BCUT2D eigenvalue weighted by Crippen LogP contribution is 2.12. The first-order valence-corrected chi connectivity index (χ1v) is 24.4. The van der Waals surface area contributed by atoms with E-state index >= 15 is 0 Å². The lowest BCUT2D eigenvalue weighted by Gasteiger charge is -2.28. The molecule has 0 saturated heterocycles. The summed E-state index contributed by atoms with van der Waals surface area (Å²) >= 11 is 4.23. The maximum atomic E-state index is 14.1. The van der Waals surface area contributed by atoms with Crippen LogP contribution in [-0.2, 0) is 54.4 Å². The standard InChI is InChI=1S/C46H76N12O14S/c1-23(2)17-30(53-37(63)27(47)20-59)40(66)54-31(18-24(3)4)41(67)56-33(21-60)43(69)52-29(14-15-35(61)62)38(64)55-32(19-26-11-8-7-9-12-26)42(68)57-34(22-73)44(70)51-28(13-10-16-50-46(48)49)39(65)58-36(25(5)6)45(71)72/h7-9,11-12,23-25,27-34,36,59-60,73H,10,13-22,47H2,1-6H3,(H,51,70)(H,52,69)(H,53,63)(H,54,66)(H,55,64)(H,56,67)(H,57,68)(H,58,65)(H,61,62)(H,71,72)(H4,48,49,50)/t27-,28-,29-,30-,31-,32-,33-,34-,36-/m0/s1. The molecule has 0 saturated carbocycles. The van der Waals surface area contributed by atoms with Gasteiger partial charge in [-0.25, -0.2) is 4.79 Å². The van der Waals surface area contributed by atoms with E-state index in [-0.39, 0.29) is 62.2 Å². The Bertz CT molecular complexity index is 2040. The Morgan fingerprint density at radius 2 is 0.986 bits per heavy atom. The van der Waals surface area contributed by atoms with Gasteiger partial charge in [0.25, 0.3) is 0 Å². The van der Waals surface area contributed by atoms with Gasteiger partial charge in [-0.2, -0.15) is 12.6 Å². The molecule has 1 aromatic rings. The lowest BCUT2D eigenvalue weighted by molar-refractivity contribution is -0.143. The Morgan fingerprint density at radius 3 is 1.45 bits per heavy atom. The number of aliphatic hydroxyl groups excluding tert-OH is 2. The number of benzene rings is 1. The molecule has 0 radical (unpaired) electrons. The lowest BCUT2D eigenvalue weighted by Crippen LogP contribution is -2.61. The van der Waals surface area contributed by atoms with Crippen molar-refractivity contribution in [3.63, 3.8) is 0 Å². The van der Waals surface area contributed by atoms with Crippen LogP contribution < -0.4 is 59.7 Å². The van der Waals surface area contributed by atoms with E-state index in [1.165, 1.54) is 0 Å². The van der Waals surface area contributed by atoms with Crippen LogP contribution in [-0.4, -0.2) is 165 Å². The van der Waals surface area contributed by atoms with Crippen LogP contribution in [0.1, 0.15) is 85.6 Å². The van der Waals surface area contributed by atoms with Crippen LogP contribution in [0.2, 0.25) is 0 Å². The number of hydrogen-bond acceptors (Lipinski definition) is 15. The zero-order valence-electron chi connectivity index (χ0n) is 42.1. The fourth-order valence-corrected chi connectivity index (χ4v) is 7.18. The van der Waals surface area contributed by atoms with Gasteiger partial charge in [0.15, 0.2) is 5.96 Å². The van der Waals surface area contributed by atoms with Crippen LogP contribution in [0.5, 0.6) is 0 Å². The summed E-state index contributed by atoms with van der Waals surface area (Å²) < 4.78 is 0. The molecule has 0 fully saturated rings. The first-order chi connectivity index (χ1) is 34.2. The quantitative estimate of drug-likeness (QED) is 0.0136. The molecule has 1 aromatic carbocycles. The molecule has 26 nitrogen and oxygen atoms in total. The summed E-state index contributed by atoms with van der Waals surface area (Å²) in [6.45, 7) is 8.50. The largest absolute Gasteiger partial charge is 0.481 e. The first kappa shape index (κ1) is 64.4. The van der Waals surface area contributed by atoms with Gasteiger partial charge in [0.05, 0.1) is 13.2 Å². The molecule has 0 spiro atoms. The topological polar surface area (TPSA) is 438 Å². The summed E-state index contributed by atoms with van der Waals surface area (Å²) in [5.74, 6) is -11.7. The molecule has 0 aliphatic heterocycles. The van der Waals surface area contributed by atoms with Gasteiger partial charge in [-0.15, -0.1) is 0 Å². The number of rotatable bonds is 34. The maximum Gasteiger partial charge on any atom is 0.326 e. The highest BCUT2D eigenvalue weighted by atomic mass is 32.1. The average Bonchev–Trinajstić information content (AvgIpc) is 3.31. The molecule has 0 aliphatic rings. The molecule has 27 heteroatoms. The van der Waals surface area contributed by atoms with E-state index in [4.69, 9.17) is 17.2 Å². The second kappa shape index (κ2) is 33.2. The predicted molar refractivity (Wildman–Crippen MR) is 270 cm³/mol. The number of carboxylic acid groups (broad SMARTS) is 2. The number of carboxylic acids is 2. The number of nitrogens with two attached hydrogens (primary N) is 3. The van der Waals surface area contributed by atoms with Gasteiger partial charge in [-0.3, -0.25) is 48.1 Å². The third-order valence-corrected chi connectivity index (χ3v) is 11.2. The van der Waals surface area contributed by atoms with Crippen molar-refractivity contribution in [2.45, 2.75) is 141 Å². The summed E-state index contributed by atoms with van der Waals surface area (Å²) in [5.41, 5.74) is 16.9. The summed E-state index contributed by atoms with van der Waals surface area (Å²) in [7, 11) is 0. The van der Waals surface area contributed by atoms with Gasteiger partial charge in [0.2, 0.25) is 47.3 Å².